The van der Waals surface area contributed by atoms with Crippen molar-refractivity contribution in [1.82, 2.24) is 19.9 Å². The van der Waals surface area contributed by atoms with E-state index in [2.05, 4.69) is 25.9 Å². The normalized spacial score (nSPS) is 18.4. The van der Waals surface area contributed by atoms with Crippen LogP contribution in [0.25, 0.3) is 0 Å². The maximum atomic E-state index is 11.6. The summed E-state index contributed by atoms with van der Waals surface area (Å²) in [5.74, 6) is 0.735. The molecule has 8 heteroatoms. The quantitative estimate of drug-likeness (QED) is 0.726. The first-order valence-electron chi connectivity index (χ1n) is 9.37. The van der Waals surface area contributed by atoms with Crippen molar-refractivity contribution >= 4 is 9.84 Å². The van der Waals surface area contributed by atoms with Crippen LogP contribution in [-0.4, -0.2) is 47.2 Å². The predicted octanol–water partition coefficient (Wildman–Crippen LogP) is 2.15. The Morgan fingerprint density at radius 2 is 2.07 bits per heavy atom. The van der Waals surface area contributed by atoms with Crippen LogP contribution in [0.4, 0.5) is 0 Å². The fourth-order valence-corrected chi connectivity index (χ4v) is 4.25. The molecule has 27 heavy (non-hydrogen) atoms. The number of nitrogens with zero attached hydrogens (tertiary/aromatic N) is 4. The van der Waals surface area contributed by atoms with Crippen molar-refractivity contribution in [2.75, 3.05) is 12.8 Å². The van der Waals surface area contributed by atoms with Crippen molar-refractivity contribution in [3.63, 3.8) is 0 Å². The topological polar surface area (TPSA) is 85.3 Å². The van der Waals surface area contributed by atoms with Crippen LogP contribution >= 0.6 is 0 Å². The summed E-state index contributed by atoms with van der Waals surface area (Å²) in [6.07, 6.45) is 10.2. The van der Waals surface area contributed by atoms with E-state index in [9.17, 15) is 8.42 Å². The highest BCUT2D eigenvalue weighted by atomic mass is 32.2. The number of hydrogen-bond acceptors (Lipinski definition) is 7. The maximum absolute atomic E-state index is 11.6. The maximum Gasteiger partial charge on any atom is 0.246 e. The number of rotatable bonds is 5. The van der Waals surface area contributed by atoms with Crippen molar-refractivity contribution in [3.8, 4) is 5.88 Å². The van der Waals surface area contributed by atoms with Crippen molar-refractivity contribution in [3.05, 3.63) is 41.3 Å². The minimum absolute atomic E-state index is 0.0887. The van der Waals surface area contributed by atoms with Gasteiger partial charge in [0.1, 0.15) is 6.10 Å². The van der Waals surface area contributed by atoms with E-state index in [1.165, 1.54) is 12.8 Å². The molecule has 2 aromatic rings. The summed E-state index contributed by atoms with van der Waals surface area (Å²) in [6.45, 7) is 2.24. The average Bonchev–Trinajstić information content (AvgIpc) is 3.15. The number of ether oxygens (including phenoxy) is 1. The molecule has 1 aliphatic heterocycles. The van der Waals surface area contributed by atoms with Crippen LogP contribution in [0.3, 0.4) is 0 Å². The Morgan fingerprint density at radius 3 is 2.85 bits per heavy atom. The second-order valence-corrected chi connectivity index (χ2v) is 9.26. The van der Waals surface area contributed by atoms with E-state index in [0.717, 1.165) is 54.9 Å². The van der Waals surface area contributed by atoms with Crippen LogP contribution in [0.15, 0.2) is 29.7 Å². The lowest BCUT2D eigenvalue weighted by molar-refractivity contribution is 0.190. The SMILES string of the molecule is CS(=O)(=O)c1ncc2c(n1)CCN(Cc1cccnc1OC1CCCC1)C2. The van der Waals surface area contributed by atoms with Gasteiger partial charge in [-0.1, -0.05) is 6.07 Å². The van der Waals surface area contributed by atoms with Gasteiger partial charge in [0, 0.05) is 55.8 Å². The third-order valence-electron chi connectivity index (χ3n) is 5.15. The van der Waals surface area contributed by atoms with Gasteiger partial charge in [0.15, 0.2) is 0 Å². The molecule has 0 bridgehead atoms. The molecule has 0 N–H and O–H groups in total. The van der Waals surface area contributed by atoms with Crippen molar-refractivity contribution in [2.45, 2.75) is 56.5 Å². The monoisotopic (exact) mass is 388 g/mol. The Morgan fingerprint density at radius 1 is 1.26 bits per heavy atom. The fraction of sp³-hybridized carbons (Fsp3) is 0.526. The van der Waals surface area contributed by atoms with Gasteiger partial charge in [0.05, 0.1) is 5.69 Å². The van der Waals surface area contributed by atoms with Gasteiger partial charge in [-0.05, 0) is 31.7 Å². The zero-order valence-electron chi connectivity index (χ0n) is 15.5. The molecule has 2 aliphatic rings. The Kier molecular flexibility index (Phi) is 5.10. The first-order valence-corrected chi connectivity index (χ1v) is 11.3. The minimum atomic E-state index is -3.38. The van der Waals surface area contributed by atoms with Crippen LogP contribution in [0.5, 0.6) is 5.88 Å². The highest BCUT2D eigenvalue weighted by Crippen LogP contribution is 2.27. The zero-order valence-corrected chi connectivity index (χ0v) is 16.3. The number of hydrogen-bond donors (Lipinski definition) is 0. The number of fused-ring (bicyclic) bond motifs is 1. The van der Waals surface area contributed by atoms with E-state index >= 15 is 0 Å². The summed E-state index contributed by atoms with van der Waals surface area (Å²) in [4.78, 5) is 15.0. The van der Waals surface area contributed by atoms with Gasteiger partial charge < -0.3 is 4.74 Å². The molecule has 0 unspecified atom stereocenters. The molecule has 144 valence electrons. The summed E-state index contributed by atoms with van der Waals surface area (Å²) >= 11 is 0. The van der Waals surface area contributed by atoms with E-state index in [1.807, 2.05) is 6.07 Å². The molecule has 0 amide bonds. The molecule has 0 atom stereocenters. The molecule has 0 saturated heterocycles. The standard InChI is InChI=1S/C19H24N4O3S/c1-27(24,25)19-21-11-15-13-23(10-8-17(15)22-19)12-14-5-4-9-20-18(14)26-16-6-2-3-7-16/h4-5,9,11,16H,2-3,6-8,10,12-13H2,1H3. The van der Waals surface area contributed by atoms with Crippen molar-refractivity contribution in [1.29, 1.82) is 0 Å². The van der Waals surface area contributed by atoms with E-state index in [-0.39, 0.29) is 11.3 Å². The first kappa shape index (κ1) is 18.3. The predicted molar refractivity (Wildman–Crippen MR) is 100 cm³/mol. The van der Waals surface area contributed by atoms with Crippen LogP contribution < -0.4 is 4.74 Å². The van der Waals surface area contributed by atoms with Gasteiger partial charge in [0.25, 0.3) is 0 Å². The molecular formula is C19H24N4O3S. The van der Waals surface area contributed by atoms with Crippen LogP contribution in [0, 0.1) is 0 Å². The summed E-state index contributed by atoms with van der Waals surface area (Å²) in [5, 5.41) is -0.0887. The molecule has 0 aromatic carbocycles. The average molecular weight is 388 g/mol. The van der Waals surface area contributed by atoms with Crippen molar-refractivity contribution in [2.24, 2.45) is 0 Å². The van der Waals surface area contributed by atoms with Gasteiger partial charge in [0.2, 0.25) is 20.9 Å². The Hall–Kier alpha value is -2.06. The van der Waals surface area contributed by atoms with Crippen LogP contribution in [-0.2, 0) is 29.3 Å². The van der Waals surface area contributed by atoms with Gasteiger partial charge in [-0.3, -0.25) is 4.90 Å². The molecular weight excluding hydrogens is 364 g/mol. The van der Waals surface area contributed by atoms with Gasteiger partial charge in [-0.2, -0.15) is 0 Å². The third kappa shape index (κ3) is 4.27. The van der Waals surface area contributed by atoms with Crippen LogP contribution in [0.2, 0.25) is 0 Å². The van der Waals surface area contributed by atoms with E-state index in [4.69, 9.17) is 4.74 Å². The smallest absolute Gasteiger partial charge is 0.246 e. The lowest BCUT2D eigenvalue weighted by Crippen LogP contribution is -2.31. The molecule has 2 aromatic heterocycles. The number of aromatic nitrogens is 3. The zero-order chi connectivity index (χ0) is 18.9. The molecule has 1 aliphatic carbocycles. The molecule has 0 radical (unpaired) electrons. The molecule has 7 nitrogen and oxygen atoms in total. The Labute approximate surface area is 159 Å². The van der Waals surface area contributed by atoms with Crippen LogP contribution in [0.1, 0.15) is 42.5 Å². The highest BCUT2D eigenvalue weighted by molar-refractivity contribution is 7.90. The third-order valence-corrected chi connectivity index (χ3v) is 6.01. The summed E-state index contributed by atoms with van der Waals surface area (Å²) in [7, 11) is -3.38. The number of pyridine rings is 1. The van der Waals surface area contributed by atoms with Gasteiger partial charge in [-0.25, -0.2) is 23.4 Å². The van der Waals surface area contributed by atoms with E-state index in [0.29, 0.717) is 13.0 Å². The lowest BCUT2D eigenvalue weighted by Gasteiger charge is -2.28. The largest absolute Gasteiger partial charge is 0.474 e. The van der Waals surface area contributed by atoms with E-state index < -0.39 is 9.84 Å². The first-order chi connectivity index (χ1) is 13.0. The van der Waals surface area contributed by atoms with E-state index in [1.54, 1.807) is 12.4 Å². The highest BCUT2D eigenvalue weighted by Gasteiger charge is 2.23. The van der Waals surface area contributed by atoms with Gasteiger partial charge >= 0.3 is 0 Å². The second-order valence-electron chi connectivity index (χ2n) is 7.35. The summed E-state index contributed by atoms with van der Waals surface area (Å²) in [5.41, 5.74) is 2.90. The molecule has 3 heterocycles. The molecule has 1 fully saturated rings. The minimum Gasteiger partial charge on any atom is -0.474 e. The van der Waals surface area contributed by atoms with Crippen molar-refractivity contribution < 1.29 is 13.2 Å². The Bertz CT molecular complexity index is 926. The summed E-state index contributed by atoms with van der Waals surface area (Å²) in [6, 6.07) is 4.01. The molecule has 1 saturated carbocycles. The molecule has 4 rings (SSSR count). The second kappa shape index (κ2) is 7.52. The Balaban J connectivity index is 1.47. The fourth-order valence-electron chi connectivity index (χ4n) is 3.73. The number of sulfone groups is 1. The molecule has 0 spiro atoms. The summed E-state index contributed by atoms with van der Waals surface area (Å²) < 4.78 is 29.4. The van der Waals surface area contributed by atoms with Gasteiger partial charge in [-0.15, -0.1) is 0 Å². The lowest BCUT2D eigenvalue weighted by atomic mass is 10.1.